The predicted molar refractivity (Wildman–Crippen MR) is 82.0 cm³/mol. The molecule has 0 spiro atoms. The Balaban J connectivity index is 1.63. The first-order valence-corrected chi connectivity index (χ1v) is 9.06. The molecule has 116 valence electrons. The molecule has 0 aromatic carbocycles. The average molecular weight is 311 g/mol. The number of rotatable bonds is 2. The molecule has 2 aliphatic rings. The Morgan fingerprint density at radius 1 is 1.24 bits per heavy atom. The Kier molecular flexibility index (Phi) is 3.75. The van der Waals surface area contributed by atoms with Crippen LogP contribution in [0.25, 0.3) is 0 Å². The van der Waals surface area contributed by atoms with Crippen LogP contribution in [-0.4, -0.2) is 67.0 Å². The maximum Gasteiger partial charge on any atom is 0.222 e. The second-order valence-electron chi connectivity index (χ2n) is 5.81. The van der Waals surface area contributed by atoms with E-state index in [1.54, 1.807) is 0 Å². The normalized spacial score (nSPS) is 26.1. The Hall–Kier alpha value is -1.41. The summed E-state index contributed by atoms with van der Waals surface area (Å²) in [6.07, 6.45) is 0.766. The summed E-state index contributed by atoms with van der Waals surface area (Å²) in [5.74, 6) is 1.81. The summed E-state index contributed by atoms with van der Waals surface area (Å²) in [6, 6.07) is 2.13. The number of piperazine rings is 1. The van der Waals surface area contributed by atoms with Gasteiger partial charge in [-0.2, -0.15) is 4.98 Å². The molecule has 7 nitrogen and oxygen atoms in total. The molecule has 1 aromatic rings. The Labute approximate surface area is 125 Å². The standard InChI is InChI=1S/C13H21N5O2S/c1-10-8-12(16-13(14)15-10)18-5-3-17(4-6-18)11-2-7-21(19,20)9-11/h8,11H,2-7,9H2,1H3,(H2,14,15,16)/t11-/m0/s1. The Morgan fingerprint density at radius 2 is 1.95 bits per heavy atom. The SMILES string of the molecule is Cc1cc(N2CCN([C@H]3CCS(=O)(=O)C3)CC2)nc(N)n1. The van der Waals surface area contributed by atoms with Crippen LogP contribution in [0.5, 0.6) is 0 Å². The van der Waals surface area contributed by atoms with E-state index in [4.69, 9.17) is 5.73 Å². The van der Waals surface area contributed by atoms with Gasteiger partial charge in [0.15, 0.2) is 9.84 Å². The van der Waals surface area contributed by atoms with Gasteiger partial charge in [-0.3, -0.25) is 4.90 Å². The van der Waals surface area contributed by atoms with Crippen molar-refractivity contribution in [3.8, 4) is 0 Å². The Morgan fingerprint density at radius 3 is 2.52 bits per heavy atom. The number of hydrogen-bond donors (Lipinski definition) is 1. The molecule has 1 atom stereocenters. The van der Waals surface area contributed by atoms with Crippen molar-refractivity contribution in [3.05, 3.63) is 11.8 Å². The molecule has 0 amide bonds. The van der Waals surface area contributed by atoms with Crippen molar-refractivity contribution in [2.45, 2.75) is 19.4 Å². The summed E-state index contributed by atoms with van der Waals surface area (Å²) in [5, 5.41) is 0. The van der Waals surface area contributed by atoms with Crippen molar-refractivity contribution >= 4 is 21.6 Å². The zero-order valence-electron chi connectivity index (χ0n) is 12.2. The number of nitrogens with two attached hydrogens (primary N) is 1. The molecule has 3 heterocycles. The topological polar surface area (TPSA) is 92.4 Å². The largest absolute Gasteiger partial charge is 0.368 e. The van der Waals surface area contributed by atoms with Crippen molar-refractivity contribution in [2.24, 2.45) is 0 Å². The number of hydrogen-bond acceptors (Lipinski definition) is 7. The zero-order valence-corrected chi connectivity index (χ0v) is 13.0. The van der Waals surface area contributed by atoms with E-state index < -0.39 is 9.84 Å². The lowest BCUT2D eigenvalue weighted by atomic mass is 10.2. The van der Waals surface area contributed by atoms with Gasteiger partial charge in [-0.1, -0.05) is 0 Å². The number of aryl methyl sites for hydroxylation is 1. The number of nitrogens with zero attached hydrogens (tertiary/aromatic N) is 4. The fourth-order valence-corrected chi connectivity index (χ4v) is 4.88. The van der Waals surface area contributed by atoms with E-state index >= 15 is 0 Å². The maximum absolute atomic E-state index is 11.6. The molecule has 0 bridgehead atoms. The lowest BCUT2D eigenvalue weighted by molar-refractivity contribution is 0.200. The van der Waals surface area contributed by atoms with Crippen LogP contribution in [0.1, 0.15) is 12.1 Å². The highest BCUT2D eigenvalue weighted by molar-refractivity contribution is 7.91. The molecule has 2 N–H and O–H groups in total. The summed E-state index contributed by atoms with van der Waals surface area (Å²) in [5.41, 5.74) is 6.56. The zero-order chi connectivity index (χ0) is 15.0. The van der Waals surface area contributed by atoms with E-state index in [-0.39, 0.29) is 6.04 Å². The van der Waals surface area contributed by atoms with Crippen LogP contribution < -0.4 is 10.6 Å². The van der Waals surface area contributed by atoms with Crippen molar-refractivity contribution < 1.29 is 8.42 Å². The van der Waals surface area contributed by atoms with E-state index in [2.05, 4.69) is 19.8 Å². The van der Waals surface area contributed by atoms with Crippen molar-refractivity contribution in [2.75, 3.05) is 48.3 Å². The molecule has 0 aliphatic carbocycles. The predicted octanol–water partition coefficient (Wildman–Crippen LogP) is -0.324. The molecular weight excluding hydrogens is 290 g/mol. The van der Waals surface area contributed by atoms with Gasteiger partial charge in [0.25, 0.3) is 0 Å². The average Bonchev–Trinajstić information content (AvgIpc) is 2.78. The minimum absolute atomic E-state index is 0.189. The molecule has 2 aliphatic heterocycles. The second-order valence-corrected chi connectivity index (χ2v) is 8.03. The summed E-state index contributed by atoms with van der Waals surface area (Å²) in [6.45, 7) is 5.31. The number of aromatic nitrogens is 2. The van der Waals surface area contributed by atoms with Gasteiger partial charge < -0.3 is 10.6 Å². The molecule has 2 fully saturated rings. The third-order valence-electron chi connectivity index (χ3n) is 4.22. The van der Waals surface area contributed by atoms with Gasteiger partial charge in [-0.25, -0.2) is 13.4 Å². The van der Waals surface area contributed by atoms with Gasteiger partial charge in [-0.05, 0) is 13.3 Å². The summed E-state index contributed by atoms with van der Waals surface area (Å²) in [4.78, 5) is 12.8. The van der Waals surface area contributed by atoms with Crippen molar-refractivity contribution in [3.63, 3.8) is 0 Å². The van der Waals surface area contributed by atoms with Crippen LogP contribution in [0.4, 0.5) is 11.8 Å². The summed E-state index contributed by atoms with van der Waals surface area (Å²) < 4.78 is 23.2. The number of nitrogen functional groups attached to an aromatic ring is 1. The van der Waals surface area contributed by atoms with E-state index in [0.717, 1.165) is 44.1 Å². The molecule has 0 unspecified atom stereocenters. The number of sulfone groups is 1. The van der Waals surface area contributed by atoms with E-state index in [9.17, 15) is 8.42 Å². The van der Waals surface area contributed by atoms with Crippen LogP contribution in [0, 0.1) is 6.92 Å². The lowest BCUT2D eigenvalue weighted by Crippen LogP contribution is -2.51. The minimum Gasteiger partial charge on any atom is -0.368 e. The van der Waals surface area contributed by atoms with E-state index in [1.807, 2.05) is 13.0 Å². The fraction of sp³-hybridized carbons (Fsp3) is 0.692. The van der Waals surface area contributed by atoms with Gasteiger partial charge in [0.05, 0.1) is 11.5 Å². The van der Waals surface area contributed by atoms with Gasteiger partial charge in [-0.15, -0.1) is 0 Å². The van der Waals surface area contributed by atoms with Crippen LogP contribution in [0.2, 0.25) is 0 Å². The monoisotopic (exact) mass is 311 g/mol. The van der Waals surface area contributed by atoms with Crippen LogP contribution in [0.3, 0.4) is 0 Å². The van der Waals surface area contributed by atoms with Crippen LogP contribution in [-0.2, 0) is 9.84 Å². The third-order valence-corrected chi connectivity index (χ3v) is 5.97. The molecule has 0 radical (unpaired) electrons. The van der Waals surface area contributed by atoms with Gasteiger partial charge in [0.1, 0.15) is 5.82 Å². The van der Waals surface area contributed by atoms with Gasteiger partial charge in [0, 0.05) is 44.0 Å². The van der Waals surface area contributed by atoms with Gasteiger partial charge in [0.2, 0.25) is 5.95 Å². The quantitative estimate of drug-likeness (QED) is 0.800. The van der Waals surface area contributed by atoms with E-state index in [1.165, 1.54) is 0 Å². The number of anilines is 2. The second kappa shape index (κ2) is 5.42. The Bertz CT molecular complexity index is 605. The first kappa shape index (κ1) is 14.5. The maximum atomic E-state index is 11.6. The van der Waals surface area contributed by atoms with Crippen molar-refractivity contribution in [1.29, 1.82) is 0 Å². The summed E-state index contributed by atoms with van der Waals surface area (Å²) in [7, 11) is -2.81. The molecule has 3 rings (SSSR count). The summed E-state index contributed by atoms with van der Waals surface area (Å²) >= 11 is 0. The van der Waals surface area contributed by atoms with Crippen molar-refractivity contribution in [1.82, 2.24) is 14.9 Å². The molecule has 1 aromatic heterocycles. The minimum atomic E-state index is -2.81. The first-order valence-electron chi connectivity index (χ1n) is 7.23. The van der Waals surface area contributed by atoms with E-state index in [0.29, 0.717) is 17.5 Å². The first-order chi connectivity index (χ1) is 9.93. The molecule has 21 heavy (non-hydrogen) atoms. The van der Waals surface area contributed by atoms with Crippen LogP contribution >= 0.6 is 0 Å². The fourth-order valence-electron chi connectivity index (χ4n) is 3.12. The molecule has 0 saturated carbocycles. The lowest BCUT2D eigenvalue weighted by Gasteiger charge is -2.38. The third kappa shape index (κ3) is 3.26. The molecular formula is C13H21N5O2S. The smallest absolute Gasteiger partial charge is 0.222 e. The van der Waals surface area contributed by atoms with Crippen LogP contribution in [0.15, 0.2) is 6.07 Å². The molecule has 2 saturated heterocycles. The highest BCUT2D eigenvalue weighted by Crippen LogP contribution is 2.21. The molecule has 8 heteroatoms. The highest BCUT2D eigenvalue weighted by atomic mass is 32.2. The van der Waals surface area contributed by atoms with Gasteiger partial charge >= 0.3 is 0 Å². The highest BCUT2D eigenvalue weighted by Gasteiger charge is 2.33.